The molecule has 0 aliphatic heterocycles. The lowest BCUT2D eigenvalue weighted by Crippen LogP contribution is -2.25. The van der Waals surface area contributed by atoms with E-state index in [0.29, 0.717) is 30.0 Å². The Morgan fingerprint density at radius 2 is 1.88 bits per heavy atom. The van der Waals surface area contributed by atoms with Crippen LogP contribution in [0.3, 0.4) is 0 Å². The molecule has 130 valence electrons. The van der Waals surface area contributed by atoms with Gasteiger partial charge < -0.3 is 19.2 Å². The molecular formula is C19H21N3O3. The number of nitrogens with one attached hydrogen (secondary N) is 1. The van der Waals surface area contributed by atoms with Crippen LogP contribution in [0.4, 0.5) is 0 Å². The van der Waals surface area contributed by atoms with E-state index in [1.807, 2.05) is 35.7 Å². The lowest BCUT2D eigenvalue weighted by Gasteiger charge is -2.09. The topological polar surface area (TPSA) is 64.9 Å². The van der Waals surface area contributed by atoms with Crippen LogP contribution in [0.2, 0.25) is 0 Å². The Morgan fingerprint density at radius 1 is 1.16 bits per heavy atom. The number of aromatic nitrogens is 2. The number of benzene rings is 1. The van der Waals surface area contributed by atoms with Gasteiger partial charge in [0.25, 0.3) is 5.91 Å². The molecule has 1 amide bonds. The average molecular weight is 339 g/mol. The normalized spacial score (nSPS) is 10.7. The first-order valence-corrected chi connectivity index (χ1v) is 8.05. The summed E-state index contributed by atoms with van der Waals surface area (Å²) in [6.45, 7) is 2.54. The highest BCUT2D eigenvalue weighted by Gasteiger charge is 2.10. The van der Waals surface area contributed by atoms with Gasteiger partial charge in [-0.1, -0.05) is 6.07 Å². The minimum Gasteiger partial charge on any atom is -0.497 e. The predicted octanol–water partition coefficient (Wildman–Crippen LogP) is 2.63. The monoisotopic (exact) mass is 339 g/mol. The second kappa shape index (κ2) is 7.25. The highest BCUT2D eigenvalue weighted by atomic mass is 16.5. The van der Waals surface area contributed by atoms with Crippen LogP contribution in [-0.2, 0) is 6.42 Å². The van der Waals surface area contributed by atoms with Crippen LogP contribution >= 0.6 is 0 Å². The molecular weight excluding hydrogens is 318 g/mol. The molecule has 3 aromatic rings. The molecule has 0 radical (unpaired) electrons. The maximum atomic E-state index is 12.3. The third-order valence-corrected chi connectivity index (χ3v) is 4.03. The van der Waals surface area contributed by atoms with Crippen LogP contribution in [0.5, 0.6) is 11.5 Å². The third kappa shape index (κ3) is 3.74. The van der Waals surface area contributed by atoms with Gasteiger partial charge in [-0.05, 0) is 31.2 Å². The third-order valence-electron chi connectivity index (χ3n) is 4.03. The van der Waals surface area contributed by atoms with E-state index in [9.17, 15) is 4.79 Å². The number of fused-ring (bicyclic) bond motifs is 1. The fourth-order valence-corrected chi connectivity index (χ4v) is 2.66. The molecule has 25 heavy (non-hydrogen) atoms. The minimum atomic E-state index is -0.169. The number of pyridine rings is 1. The molecule has 1 N–H and O–H groups in total. The summed E-state index contributed by atoms with van der Waals surface area (Å²) >= 11 is 0. The quantitative estimate of drug-likeness (QED) is 0.750. The second-order valence-corrected chi connectivity index (χ2v) is 5.73. The minimum absolute atomic E-state index is 0.169. The highest BCUT2D eigenvalue weighted by molar-refractivity contribution is 5.95. The van der Waals surface area contributed by atoms with E-state index in [2.05, 4.69) is 10.3 Å². The molecule has 3 rings (SSSR count). The van der Waals surface area contributed by atoms with Gasteiger partial charge in [-0.25, -0.2) is 4.98 Å². The largest absolute Gasteiger partial charge is 0.497 e. The zero-order valence-corrected chi connectivity index (χ0v) is 14.6. The van der Waals surface area contributed by atoms with E-state index in [4.69, 9.17) is 9.47 Å². The van der Waals surface area contributed by atoms with Crippen molar-refractivity contribution in [1.82, 2.24) is 14.7 Å². The fraction of sp³-hybridized carbons (Fsp3) is 0.263. The number of nitrogens with zero attached hydrogens (tertiary/aromatic N) is 2. The molecule has 0 bridgehead atoms. The Labute approximate surface area is 146 Å². The summed E-state index contributed by atoms with van der Waals surface area (Å²) in [4.78, 5) is 16.9. The van der Waals surface area contributed by atoms with Crippen molar-refractivity contribution in [1.29, 1.82) is 0 Å². The Hall–Kier alpha value is -3.02. The summed E-state index contributed by atoms with van der Waals surface area (Å²) in [5.41, 5.74) is 3.49. The Bertz CT molecular complexity index is 880. The molecule has 0 spiro atoms. The maximum absolute atomic E-state index is 12.3. The Kier molecular flexibility index (Phi) is 4.88. The van der Waals surface area contributed by atoms with Crippen LogP contribution in [0.1, 0.15) is 21.7 Å². The van der Waals surface area contributed by atoms with E-state index in [1.165, 1.54) is 0 Å². The van der Waals surface area contributed by atoms with Crippen molar-refractivity contribution in [2.24, 2.45) is 0 Å². The Balaban J connectivity index is 1.65. The summed E-state index contributed by atoms with van der Waals surface area (Å²) in [6.07, 6.45) is 2.67. The molecule has 0 fully saturated rings. The van der Waals surface area contributed by atoms with Gasteiger partial charge in [-0.3, -0.25) is 4.79 Å². The summed E-state index contributed by atoms with van der Waals surface area (Å²) in [5, 5.41) is 2.91. The van der Waals surface area contributed by atoms with Gasteiger partial charge in [0.2, 0.25) is 0 Å². The van der Waals surface area contributed by atoms with Gasteiger partial charge in [0.05, 0.1) is 19.9 Å². The number of carbonyl (C=O) groups excluding carboxylic acids is 1. The molecule has 0 aliphatic carbocycles. The number of hydrogen-bond donors (Lipinski definition) is 1. The lowest BCUT2D eigenvalue weighted by atomic mass is 10.2. The average Bonchev–Trinajstić information content (AvgIpc) is 3.05. The SMILES string of the molecule is COc1cc(OC)cc(C(=O)NCCc2cn3c(C)cccc3n2)c1. The summed E-state index contributed by atoms with van der Waals surface area (Å²) in [5.74, 6) is 0.998. The highest BCUT2D eigenvalue weighted by Crippen LogP contribution is 2.22. The maximum Gasteiger partial charge on any atom is 0.251 e. The molecule has 0 aliphatic rings. The van der Waals surface area contributed by atoms with Gasteiger partial charge in [-0.15, -0.1) is 0 Å². The Morgan fingerprint density at radius 3 is 2.52 bits per heavy atom. The van der Waals surface area contributed by atoms with Crippen LogP contribution < -0.4 is 14.8 Å². The summed E-state index contributed by atoms with van der Waals surface area (Å²) in [7, 11) is 3.11. The van der Waals surface area contributed by atoms with Gasteiger partial charge >= 0.3 is 0 Å². The number of ether oxygens (including phenoxy) is 2. The molecule has 2 heterocycles. The van der Waals surface area contributed by atoms with Crippen molar-refractivity contribution in [3.05, 3.63) is 59.5 Å². The second-order valence-electron chi connectivity index (χ2n) is 5.73. The van der Waals surface area contributed by atoms with Crippen LogP contribution in [0.25, 0.3) is 5.65 Å². The van der Waals surface area contributed by atoms with Crippen molar-refractivity contribution in [3.63, 3.8) is 0 Å². The van der Waals surface area contributed by atoms with E-state index in [1.54, 1.807) is 32.4 Å². The number of methoxy groups -OCH3 is 2. The van der Waals surface area contributed by atoms with Gasteiger partial charge in [0.15, 0.2) is 0 Å². The van der Waals surface area contributed by atoms with Crippen LogP contribution in [0, 0.1) is 6.92 Å². The zero-order valence-electron chi connectivity index (χ0n) is 14.6. The number of amides is 1. The number of carbonyl (C=O) groups is 1. The summed E-state index contributed by atoms with van der Waals surface area (Å²) in [6, 6.07) is 11.1. The predicted molar refractivity (Wildman–Crippen MR) is 95.5 cm³/mol. The van der Waals surface area contributed by atoms with E-state index < -0.39 is 0 Å². The number of imidazole rings is 1. The fourth-order valence-electron chi connectivity index (χ4n) is 2.66. The van der Waals surface area contributed by atoms with Crippen molar-refractivity contribution < 1.29 is 14.3 Å². The zero-order chi connectivity index (χ0) is 17.8. The van der Waals surface area contributed by atoms with Crippen molar-refractivity contribution in [2.75, 3.05) is 20.8 Å². The van der Waals surface area contributed by atoms with Crippen molar-refractivity contribution in [2.45, 2.75) is 13.3 Å². The van der Waals surface area contributed by atoms with E-state index in [0.717, 1.165) is 17.0 Å². The van der Waals surface area contributed by atoms with E-state index in [-0.39, 0.29) is 5.91 Å². The lowest BCUT2D eigenvalue weighted by molar-refractivity contribution is 0.0953. The first-order valence-electron chi connectivity index (χ1n) is 8.05. The molecule has 6 heteroatoms. The molecule has 0 saturated carbocycles. The molecule has 6 nitrogen and oxygen atoms in total. The number of rotatable bonds is 6. The first kappa shape index (κ1) is 16.8. The van der Waals surface area contributed by atoms with Crippen LogP contribution in [0.15, 0.2) is 42.6 Å². The first-order chi connectivity index (χ1) is 12.1. The van der Waals surface area contributed by atoms with Crippen molar-refractivity contribution in [3.8, 4) is 11.5 Å². The molecule has 0 atom stereocenters. The smallest absolute Gasteiger partial charge is 0.251 e. The van der Waals surface area contributed by atoms with Crippen LogP contribution in [-0.4, -0.2) is 36.1 Å². The standard InChI is InChI=1S/C19H21N3O3/c1-13-5-4-6-18-21-15(12-22(13)18)7-8-20-19(23)14-9-16(24-2)11-17(10-14)25-3/h4-6,9-12H,7-8H2,1-3H3,(H,20,23). The molecule has 2 aromatic heterocycles. The van der Waals surface area contributed by atoms with Gasteiger partial charge in [0, 0.05) is 36.5 Å². The van der Waals surface area contributed by atoms with E-state index >= 15 is 0 Å². The number of hydrogen-bond acceptors (Lipinski definition) is 4. The molecule has 0 unspecified atom stereocenters. The number of aryl methyl sites for hydroxylation is 1. The summed E-state index contributed by atoms with van der Waals surface area (Å²) < 4.78 is 12.4. The van der Waals surface area contributed by atoms with Gasteiger partial charge in [-0.2, -0.15) is 0 Å². The van der Waals surface area contributed by atoms with Gasteiger partial charge in [0.1, 0.15) is 17.1 Å². The van der Waals surface area contributed by atoms with Crippen molar-refractivity contribution >= 4 is 11.6 Å². The molecule has 0 saturated heterocycles. The molecule has 1 aromatic carbocycles.